The number of para-hydroxylation sites is 1. The van der Waals surface area contributed by atoms with Gasteiger partial charge in [-0.15, -0.1) is 0 Å². The summed E-state index contributed by atoms with van der Waals surface area (Å²) in [5.41, 5.74) is 3.38. The largest absolute Gasteiger partial charge is 0.480 e. The maximum absolute atomic E-state index is 12.5. The maximum atomic E-state index is 12.5. The second-order valence-corrected chi connectivity index (χ2v) is 7.73. The number of rotatable bonds is 5. The van der Waals surface area contributed by atoms with E-state index in [0.29, 0.717) is 11.5 Å². The van der Waals surface area contributed by atoms with Gasteiger partial charge in [0.25, 0.3) is 5.91 Å². The van der Waals surface area contributed by atoms with Crippen LogP contribution in [0.2, 0.25) is 0 Å². The molecule has 1 aliphatic rings. The molecule has 1 heterocycles. The Morgan fingerprint density at radius 1 is 1.10 bits per heavy atom. The maximum Gasteiger partial charge on any atom is 0.325 e. The number of aromatic nitrogens is 2. The third-order valence-corrected chi connectivity index (χ3v) is 5.68. The number of nitrogens with zero attached hydrogens (tertiary/aromatic N) is 2. The number of hydrogen-bond donors (Lipinski definition) is 2. The lowest BCUT2D eigenvalue weighted by Crippen LogP contribution is -2.38. The van der Waals surface area contributed by atoms with Crippen molar-refractivity contribution in [3.63, 3.8) is 0 Å². The first kappa shape index (κ1) is 19.2. The van der Waals surface area contributed by atoms with Gasteiger partial charge in [-0.1, -0.05) is 43.5 Å². The Labute approximate surface area is 169 Å². The Kier molecular flexibility index (Phi) is 5.34. The summed E-state index contributed by atoms with van der Waals surface area (Å²) in [6, 6.07) is 14.6. The van der Waals surface area contributed by atoms with Crippen molar-refractivity contribution < 1.29 is 14.7 Å². The second kappa shape index (κ2) is 8.07. The fourth-order valence-corrected chi connectivity index (χ4v) is 4.12. The van der Waals surface area contributed by atoms with Gasteiger partial charge in [-0.25, -0.2) is 4.68 Å². The lowest BCUT2D eigenvalue weighted by atomic mass is 9.85. The van der Waals surface area contributed by atoms with Crippen molar-refractivity contribution in [3.8, 4) is 5.69 Å². The molecule has 2 N–H and O–H groups in total. The minimum absolute atomic E-state index is 0.407. The molecule has 1 fully saturated rings. The molecule has 6 heteroatoms. The van der Waals surface area contributed by atoms with E-state index >= 15 is 0 Å². The molecule has 0 radical (unpaired) electrons. The first-order chi connectivity index (χ1) is 14.0. The van der Waals surface area contributed by atoms with Gasteiger partial charge in [-0.3, -0.25) is 9.59 Å². The molecule has 0 saturated heterocycles. The Morgan fingerprint density at radius 3 is 2.52 bits per heavy atom. The van der Waals surface area contributed by atoms with E-state index in [1.165, 1.54) is 31.9 Å². The number of nitrogens with one attached hydrogen (secondary N) is 1. The molecule has 150 valence electrons. The average Bonchev–Trinajstić information content (AvgIpc) is 3.13. The summed E-state index contributed by atoms with van der Waals surface area (Å²) >= 11 is 0. The van der Waals surface area contributed by atoms with E-state index < -0.39 is 17.9 Å². The van der Waals surface area contributed by atoms with E-state index in [1.54, 1.807) is 12.1 Å². The van der Waals surface area contributed by atoms with Gasteiger partial charge in [0.05, 0.1) is 16.9 Å². The quantitative estimate of drug-likeness (QED) is 0.680. The Hall–Kier alpha value is -3.15. The van der Waals surface area contributed by atoms with Gasteiger partial charge in [0.15, 0.2) is 0 Å². The molecule has 0 bridgehead atoms. The highest BCUT2D eigenvalue weighted by Gasteiger charge is 2.24. The molecule has 0 unspecified atom stereocenters. The van der Waals surface area contributed by atoms with Crippen LogP contribution >= 0.6 is 0 Å². The highest BCUT2D eigenvalue weighted by molar-refractivity contribution is 6.00. The normalized spacial score (nSPS) is 15.9. The topological polar surface area (TPSA) is 84.2 Å². The number of benzene rings is 2. The highest BCUT2D eigenvalue weighted by atomic mass is 16.4. The van der Waals surface area contributed by atoms with E-state index in [0.717, 1.165) is 29.4 Å². The minimum atomic E-state index is -1.06. The first-order valence-electron chi connectivity index (χ1n) is 10.2. The summed E-state index contributed by atoms with van der Waals surface area (Å²) < 4.78 is 2.02. The van der Waals surface area contributed by atoms with Gasteiger partial charge < -0.3 is 10.4 Å². The summed E-state index contributed by atoms with van der Waals surface area (Å²) in [7, 11) is 0. The fraction of sp³-hybridized carbons (Fsp3) is 0.348. The van der Waals surface area contributed by atoms with Crippen molar-refractivity contribution in [2.45, 2.75) is 51.0 Å². The lowest BCUT2D eigenvalue weighted by molar-refractivity contribution is -0.138. The summed E-state index contributed by atoms with van der Waals surface area (Å²) in [6.07, 6.45) is 6.01. The summed E-state index contributed by atoms with van der Waals surface area (Å²) in [5.74, 6) is -1.02. The van der Waals surface area contributed by atoms with Crippen LogP contribution in [-0.2, 0) is 4.79 Å². The highest BCUT2D eigenvalue weighted by Crippen LogP contribution is 2.37. The van der Waals surface area contributed by atoms with Crippen LogP contribution in [0, 0.1) is 0 Å². The average molecular weight is 391 g/mol. The predicted molar refractivity (Wildman–Crippen MR) is 111 cm³/mol. The van der Waals surface area contributed by atoms with Crippen molar-refractivity contribution in [2.24, 2.45) is 0 Å². The summed E-state index contributed by atoms with van der Waals surface area (Å²) in [5, 5.41) is 17.4. The molecule has 1 saturated carbocycles. The number of hydrogen-bond acceptors (Lipinski definition) is 3. The molecule has 1 aliphatic carbocycles. The molecule has 1 aromatic heterocycles. The van der Waals surface area contributed by atoms with Crippen molar-refractivity contribution in [3.05, 3.63) is 59.8 Å². The van der Waals surface area contributed by atoms with Gasteiger partial charge in [0.1, 0.15) is 6.04 Å². The number of carbonyl (C=O) groups is 2. The number of carboxylic acid groups (broad SMARTS) is 1. The van der Waals surface area contributed by atoms with Gasteiger partial charge in [-0.05, 0) is 44.0 Å². The summed E-state index contributed by atoms with van der Waals surface area (Å²) in [6.45, 7) is 1.45. The number of carbonyl (C=O) groups excluding carboxylic acids is 1. The van der Waals surface area contributed by atoms with Crippen LogP contribution in [0.1, 0.15) is 61.0 Å². The van der Waals surface area contributed by atoms with E-state index in [4.69, 9.17) is 10.2 Å². The Bertz CT molecular complexity index is 1040. The fourth-order valence-electron chi connectivity index (χ4n) is 4.12. The van der Waals surface area contributed by atoms with Crippen LogP contribution in [-0.4, -0.2) is 32.8 Å². The summed E-state index contributed by atoms with van der Waals surface area (Å²) in [4.78, 5) is 23.5. The molecular formula is C23H25N3O3. The zero-order chi connectivity index (χ0) is 20.4. The third kappa shape index (κ3) is 3.88. The van der Waals surface area contributed by atoms with Gasteiger partial charge in [0, 0.05) is 16.9 Å². The van der Waals surface area contributed by atoms with E-state index in [2.05, 4.69) is 5.32 Å². The van der Waals surface area contributed by atoms with Gasteiger partial charge >= 0.3 is 5.97 Å². The number of carboxylic acids is 1. The smallest absolute Gasteiger partial charge is 0.325 e. The molecule has 6 nitrogen and oxygen atoms in total. The molecule has 1 amide bonds. The third-order valence-electron chi connectivity index (χ3n) is 5.68. The van der Waals surface area contributed by atoms with E-state index in [-0.39, 0.29) is 0 Å². The number of aliphatic carboxylic acids is 1. The van der Waals surface area contributed by atoms with Gasteiger partial charge in [-0.2, -0.15) is 5.10 Å². The SMILES string of the molecule is C[C@@H](NC(=O)c1ccc2c(C3CCCCC3)n(-c3ccccc3)nc2c1)C(=O)O. The molecule has 0 spiro atoms. The van der Waals surface area contributed by atoms with Crippen molar-refractivity contribution in [2.75, 3.05) is 0 Å². The van der Waals surface area contributed by atoms with Crippen molar-refractivity contribution in [1.29, 1.82) is 0 Å². The number of fused-ring (bicyclic) bond motifs is 1. The zero-order valence-electron chi connectivity index (χ0n) is 16.5. The molecule has 1 atom stereocenters. The number of amides is 1. The van der Waals surface area contributed by atoms with Crippen LogP contribution in [0.5, 0.6) is 0 Å². The van der Waals surface area contributed by atoms with Crippen LogP contribution in [0.3, 0.4) is 0 Å². The first-order valence-corrected chi connectivity index (χ1v) is 10.2. The van der Waals surface area contributed by atoms with E-state index in [1.807, 2.05) is 41.1 Å². The molecular weight excluding hydrogens is 366 g/mol. The molecule has 2 aromatic carbocycles. The second-order valence-electron chi connectivity index (χ2n) is 7.73. The Balaban J connectivity index is 1.77. The van der Waals surface area contributed by atoms with Crippen LogP contribution in [0.15, 0.2) is 48.5 Å². The van der Waals surface area contributed by atoms with Crippen molar-refractivity contribution >= 4 is 22.8 Å². The molecule has 3 aromatic rings. The predicted octanol–water partition coefficient (Wildman–Crippen LogP) is 4.28. The van der Waals surface area contributed by atoms with Crippen LogP contribution in [0.25, 0.3) is 16.6 Å². The monoisotopic (exact) mass is 391 g/mol. The van der Waals surface area contributed by atoms with Crippen LogP contribution < -0.4 is 5.32 Å². The Morgan fingerprint density at radius 2 is 1.83 bits per heavy atom. The molecule has 4 rings (SSSR count). The van der Waals surface area contributed by atoms with Gasteiger partial charge in [0.2, 0.25) is 0 Å². The minimum Gasteiger partial charge on any atom is -0.480 e. The van der Waals surface area contributed by atoms with Crippen LogP contribution in [0.4, 0.5) is 0 Å². The van der Waals surface area contributed by atoms with E-state index in [9.17, 15) is 9.59 Å². The molecule has 0 aliphatic heterocycles. The lowest BCUT2D eigenvalue weighted by Gasteiger charge is -2.23. The zero-order valence-corrected chi connectivity index (χ0v) is 16.5. The molecule has 29 heavy (non-hydrogen) atoms. The standard InChI is InChI=1S/C23H25N3O3/c1-15(23(28)29)24-22(27)17-12-13-19-20(14-17)25-26(18-10-6-3-7-11-18)21(19)16-8-4-2-5-9-16/h3,6-7,10-16H,2,4-5,8-9H2,1H3,(H,24,27)(H,28,29)/t15-/m1/s1. The van der Waals surface area contributed by atoms with Crippen molar-refractivity contribution in [1.82, 2.24) is 15.1 Å².